The predicted molar refractivity (Wildman–Crippen MR) is 79.9 cm³/mol. The molecule has 0 amide bonds. The van der Waals surface area contributed by atoms with Crippen LogP contribution >= 0.6 is 0 Å². The van der Waals surface area contributed by atoms with Gasteiger partial charge >= 0.3 is 0 Å². The SMILES string of the molecule is CCCOc1cc(NCCC(O)COC)cc([N+](=O)[O-])c1. The molecular weight excluding hydrogens is 276 g/mol. The molecule has 0 aromatic heterocycles. The maximum Gasteiger partial charge on any atom is 0.275 e. The second kappa shape index (κ2) is 9.15. The van der Waals surface area contributed by atoms with Gasteiger partial charge in [-0.2, -0.15) is 0 Å². The van der Waals surface area contributed by atoms with Gasteiger partial charge in [-0.3, -0.25) is 10.1 Å². The molecule has 7 heteroatoms. The van der Waals surface area contributed by atoms with Crippen molar-refractivity contribution in [1.82, 2.24) is 0 Å². The Kier molecular flexibility index (Phi) is 7.49. The van der Waals surface area contributed by atoms with Crippen LogP contribution < -0.4 is 10.1 Å². The lowest BCUT2D eigenvalue weighted by Gasteiger charge is -2.12. The summed E-state index contributed by atoms with van der Waals surface area (Å²) in [6.45, 7) is 3.22. The fraction of sp³-hybridized carbons (Fsp3) is 0.571. The first-order chi connectivity index (χ1) is 10.1. The maximum atomic E-state index is 10.9. The smallest absolute Gasteiger partial charge is 0.275 e. The van der Waals surface area contributed by atoms with E-state index in [0.717, 1.165) is 6.42 Å². The van der Waals surface area contributed by atoms with Crippen molar-refractivity contribution in [3.8, 4) is 5.75 Å². The first-order valence-electron chi connectivity index (χ1n) is 6.90. The van der Waals surface area contributed by atoms with Gasteiger partial charge in [-0.05, 0) is 12.8 Å². The first kappa shape index (κ1) is 17.2. The van der Waals surface area contributed by atoms with Gasteiger partial charge in [0.2, 0.25) is 0 Å². The Bertz CT molecular complexity index is 453. The summed E-state index contributed by atoms with van der Waals surface area (Å²) >= 11 is 0. The number of nitro groups is 1. The fourth-order valence-electron chi connectivity index (χ4n) is 1.75. The largest absolute Gasteiger partial charge is 0.493 e. The van der Waals surface area contributed by atoms with Crippen LogP contribution in [-0.2, 0) is 4.74 Å². The third-order valence-corrected chi connectivity index (χ3v) is 2.74. The molecule has 0 fully saturated rings. The molecule has 21 heavy (non-hydrogen) atoms. The summed E-state index contributed by atoms with van der Waals surface area (Å²) in [4.78, 5) is 10.5. The van der Waals surface area contributed by atoms with Crippen molar-refractivity contribution in [2.75, 3.05) is 32.2 Å². The zero-order chi connectivity index (χ0) is 15.7. The van der Waals surface area contributed by atoms with Gasteiger partial charge in [0.15, 0.2) is 0 Å². The molecule has 118 valence electrons. The van der Waals surface area contributed by atoms with Crippen molar-refractivity contribution in [2.45, 2.75) is 25.9 Å². The molecule has 0 aliphatic heterocycles. The Morgan fingerprint density at radius 2 is 2.19 bits per heavy atom. The van der Waals surface area contributed by atoms with Crippen LogP contribution in [0.25, 0.3) is 0 Å². The van der Waals surface area contributed by atoms with Gasteiger partial charge in [-0.25, -0.2) is 0 Å². The molecule has 0 saturated heterocycles. The van der Waals surface area contributed by atoms with Crippen LogP contribution in [0.15, 0.2) is 18.2 Å². The van der Waals surface area contributed by atoms with Crippen LogP contribution in [-0.4, -0.2) is 43.0 Å². The number of nitrogens with zero attached hydrogens (tertiary/aromatic N) is 1. The molecule has 0 aliphatic rings. The Labute approximate surface area is 124 Å². The number of non-ortho nitro benzene ring substituents is 1. The summed E-state index contributed by atoms with van der Waals surface area (Å²) in [6.07, 6.45) is 0.757. The number of nitrogens with one attached hydrogen (secondary N) is 1. The monoisotopic (exact) mass is 298 g/mol. The number of aliphatic hydroxyl groups excluding tert-OH is 1. The van der Waals surface area contributed by atoms with Crippen LogP contribution in [0.4, 0.5) is 11.4 Å². The molecule has 0 heterocycles. The van der Waals surface area contributed by atoms with E-state index < -0.39 is 11.0 Å². The third-order valence-electron chi connectivity index (χ3n) is 2.74. The Hall–Kier alpha value is -1.86. The van der Waals surface area contributed by atoms with Crippen LogP contribution in [0.1, 0.15) is 19.8 Å². The maximum absolute atomic E-state index is 10.9. The zero-order valence-electron chi connectivity index (χ0n) is 12.4. The highest BCUT2D eigenvalue weighted by Crippen LogP contribution is 2.26. The van der Waals surface area contributed by atoms with Gasteiger partial charge in [-0.1, -0.05) is 6.92 Å². The molecule has 1 unspecified atom stereocenters. The molecule has 0 bridgehead atoms. The number of benzene rings is 1. The van der Waals surface area contributed by atoms with E-state index in [9.17, 15) is 15.2 Å². The average Bonchev–Trinajstić information content (AvgIpc) is 2.45. The van der Waals surface area contributed by atoms with E-state index >= 15 is 0 Å². The summed E-state index contributed by atoms with van der Waals surface area (Å²) in [5.74, 6) is 0.464. The van der Waals surface area contributed by atoms with Crippen LogP contribution in [0.2, 0.25) is 0 Å². The normalized spacial score (nSPS) is 12.0. The van der Waals surface area contributed by atoms with E-state index in [1.165, 1.54) is 19.2 Å². The van der Waals surface area contributed by atoms with Crippen molar-refractivity contribution >= 4 is 11.4 Å². The van der Waals surface area contributed by atoms with Gasteiger partial charge in [-0.15, -0.1) is 0 Å². The minimum atomic E-state index is -0.558. The Balaban J connectivity index is 2.66. The Morgan fingerprint density at radius 1 is 1.43 bits per heavy atom. The number of ether oxygens (including phenoxy) is 2. The molecule has 0 radical (unpaired) electrons. The molecule has 0 spiro atoms. The zero-order valence-corrected chi connectivity index (χ0v) is 12.4. The molecule has 2 N–H and O–H groups in total. The molecule has 1 aromatic carbocycles. The second-order valence-corrected chi connectivity index (χ2v) is 4.65. The number of hydrogen-bond donors (Lipinski definition) is 2. The average molecular weight is 298 g/mol. The van der Waals surface area contributed by atoms with Crippen molar-refractivity contribution in [2.24, 2.45) is 0 Å². The predicted octanol–water partition coefficient (Wildman–Crippen LogP) is 2.19. The molecule has 1 aromatic rings. The lowest BCUT2D eigenvalue weighted by Crippen LogP contribution is -2.18. The number of methoxy groups -OCH3 is 1. The van der Waals surface area contributed by atoms with E-state index in [0.29, 0.717) is 31.0 Å². The van der Waals surface area contributed by atoms with Crippen LogP contribution in [0.3, 0.4) is 0 Å². The quantitative estimate of drug-likeness (QED) is 0.508. The molecular formula is C14H22N2O5. The summed E-state index contributed by atoms with van der Waals surface area (Å²) in [5.41, 5.74) is 0.573. The van der Waals surface area contributed by atoms with Gasteiger partial charge in [0, 0.05) is 31.5 Å². The second-order valence-electron chi connectivity index (χ2n) is 4.65. The van der Waals surface area contributed by atoms with Gasteiger partial charge in [0.25, 0.3) is 5.69 Å². The van der Waals surface area contributed by atoms with E-state index in [4.69, 9.17) is 9.47 Å². The molecule has 0 aliphatic carbocycles. The summed E-state index contributed by atoms with van der Waals surface area (Å²) in [7, 11) is 1.52. The standard InChI is InChI=1S/C14H22N2O5/c1-3-6-21-14-8-11(7-12(9-14)16(18)19)15-5-4-13(17)10-20-2/h7-9,13,15,17H,3-6,10H2,1-2H3. The summed E-state index contributed by atoms with van der Waals surface area (Å²) < 4.78 is 10.3. The number of aliphatic hydroxyl groups is 1. The van der Waals surface area contributed by atoms with Crippen molar-refractivity contribution in [3.05, 3.63) is 28.3 Å². The number of hydrogen-bond acceptors (Lipinski definition) is 6. The first-order valence-corrected chi connectivity index (χ1v) is 6.90. The molecule has 1 atom stereocenters. The number of nitro benzene ring substituents is 1. The molecule has 1 rings (SSSR count). The summed E-state index contributed by atoms with van der Waals surface area (Å²) in [6, 6.07) is 4.56. The molecule has 7 nitrogen and oxygen atoms in total. The lowest BCUT2D eigenvalue weighted by atomic mass is 10.2. The highest BCUT2D eigenvalue weighted by atomic mass is 16.6. The van der Waals surface area contributed by atoms with E-state index in [2.05, 4.69) is 5.32 Å². The molecule has 0 saturated carbocycles. The van der Waals surface area contributed by atoms with E-state index in [-0.39, 0.29) is 12.3 Å². The van der Waals surface area contributed by atoms with Gasteiger partial charge < -0.3 is 19.9 Å². The topological polar surface area (TPSA) is 93.9 Å². The van der Waals surface area contributed by atoms with Gasteiger partial charge in [0.05, 0.1) is 30.3 Å². The highest BCUT2D eigenvalue weighted by Gasteiger charge is 2.11. The third kappa shape index (κ3) is 6.42. The van der Waals surface area contributed by atoms with Crippen LogP contribution in [0, 0.1) is 10.1 Å². The van der Waals surface area contributed by atoms with Crippen molar-refractivity contribution in [1.29, 1.82) is 0 Å². The summed E-state index contributed by atoms with van der Waals surface area (Å²) in [5, 5.41) is 23.5. The van der Waals surface area contributed by atoms with Crippen molar-refractivity contribution in [3.63, 3.8) is 0 Å². The Morgan fingerprint density at radius 3 is 2.81 bits per heavy atom. The van der Waals surface area contributed by atoms with Crippen molar-refractivity contribution < 1.29 is 19.5 Å². The fourth-order valence-corrected chi connectivity index (χ4v) is 1.75. The van der Waals surface area contributed by atoms with Gasteiger partial charge in [0.1, 0.15) is 5.75 Å². The van der Waals surface area contributed by atoms with E-state index in [1.807, 2.05) is 6.92 Å². The minimum Gasteiger partial charge on any atom is -0.493 e. The number of rotatable bonds is 10. The number of anilines is 1. The van der Waals surface area contributed by atoms with E-state index in [1.54, 1.807) is 6.07 Å². The highest BCUT2D eigenvalue weighted by molar-refractivity contribution is 5.56. The minimum absolute atomic E-state index is 0.0245. The lowest BCUT2D eigenvalue weighted by molar-refractivity contribution is -0.384. The van der Waals surface area contributed by atoms with Crippen LogP contribution in [0.5, 0.6) is 5.75 Å².